The second-order valence-electron chi connectivity index (χ2n) is 2.02. The van der Waals surface area contributed by atoms with Gasteiger partial charge in [-0.2, -0.15) is 0 Å². The van der Waals surface area contributed by atoms with Crippen LogP contribution >= 0.6 is 0 Å². The van der Waals surface area contributed by atoms with Crippen molar-refractivity contribution in [3.05, 3.63) is 12.2 Å². The lowest BCUT2D eigenvalue weighted by atomic mass is 10.2. The van der Waals surface area contributed by atoms with Crippen LogP contribution in [0.1, 0.15) is 39.5 Å². The molecule has 0 saturated carbocycles. The Labute approximate surface area is 58.7 Å². The fourth-order valence-corrected chi connectivity index (χ4v) is 0.606. The fourth-order valence-electron chi connectivity index (χ4n) is 0.606. The van der Waals surface area contributed by atoms with Crippen LogP contribution in [0.5, 0.6) is 0 Å². The molecule has 0 aromatic rings. The molecule has 0 aliphatic carbocycles. The zero-order valence-corrected chi connectivity index (χ0v) is 6.43. The predicted molar refractivity (Wildman–Crippen MR) is 41.1 cm³/mol. The van der Waals surface area contributed by atoms with E-state index in [2.05, 4.69) is 26.0 Å². The van der Waals surface area contributed by atoms with Crippen LogP contribution < -0.4 is 6.15 Å². The Hall–Kier alpha value is -0.300. The maximum atomic E-state index is 2.27. The van der Waals surface area contributed by atoms with E-state index in [9.17, 15) is 0 Å². The summed E-state index contributed by atoms with van der Waals surface area (Å²) in [5.74, 6) is 0. The average Bonchev–Trinajstić information content (AvgIpc) is 1.81. The Kier molecular flexibility index (Phi) is 13.6. The van der Waals surface area contributed by atoms with Gasteiger partial charge >= 0.3 is 0 Å². The highest BCUT2D eigenvalue weighted by molar-refractivity contribution is 4.79. The van der Waals surface area contributed by atoms with E-state index in [1.807, 2.05) is 0 Å². The molecule has 0 rings (SSSR count). The zero-order chi connectivity index (χ0) is 6.24. The summed E-state index contributed by atoms with van der Waals surface area (Å²) in [5.41, 5.74) is 0. The van der Waals surface area contributed by atoms with E-state index in [1.165, 1.54) is 25.7 Å². The Morgan fingerprint density at radius 3 is 2.22 bits per heavy atom. The van der Waals surface area contributed by atoms with Gasteiger partial charge in [0, 0.05) is 6.15 Å². The Balaban J connectivity index is 0. The summed E-state index contributed by atoms with van der Waals surface area (Å²) in [4.78, 5) is 0. The van der Waals surface area contributed by atoms with Crippen LogP contribution in [0, 0.1) is 0 Å². The molecule has 0 saturated heterocycles. The fraction of sp³-hybridized carbons (Fsp3) is 0.750. The van der Waals surface area contributed by atoms with E-state index in [1.54, 1.807) is 0 Å². The first-order valence-electron chi connectivity index (χ1n) is 3.56. The van der Waals surface area contributed by atoms with Gasteiger partial charge in [0.15, 0.2) is 0 Å². The minimum absolute atomic E-state index is 0. The number of unbranched alkanes of at least 4 members (excludes halogenated alkanes) is 2. The highest BCUT2D eigenvalue weighted by Gasteiger charge is 1.74. The van der Waals surface area contributed by atoms with Gasteiger partial charge in [-0.15, -0.1) is 0 Å². The highest BCUT2D eigenvalue weighted by Crippen LogP contribution is 1.94. The van der Waals surface area contributed by atoms with Crippen molar-refractivity contribution in [2.45, 2.75) is 39.5 Å². The van der Waals surface area contributed by atoms with Crippen molar-refractivity contribution in [3.63, 3.8) is 0 Å². The van der Waals surface area contributed by atoms with Crippen LogP contribution in [-0.4, -0.2) is 0 Å². The van der Waals surface area contributed by atoms with Crippen molar-refractivity contribution in [2.24, 2.45) is 0 Å². The van der Waals surface area contributed by atoms with Gasteiger partial charge in [0.1, 0.15) is 0 Å². The molecule has 53 valence electrons. The minimum atomic E-state index is 0. The van der Waals surface area contributed by atoms with E-state index in [4.69, 9.17) is 0 Å². The lowest BCUT2D eigenvalue weighted by molar-refractivity contribution is 0.812. The summed E-state index contributed by atoms with van der Waals surface area (Å²) in [7, 11) is 0. The molecule has 0 aromatic carbocycles. The largest absolute Gasteiger partial charge is 0.0888 e. The lowest BCUT2D eigenvalue weighted by Crippen LogP contribution is -1.65. The molecule has 0 heterocycles. The van der Waals surface area contributed by atoms with Crippen LogP contribution in [0.15, 0.2) is 12.2 Å². The van der Waals surface area contributed by atoms with Gasteiger partial charge in [-0.3, -0.25) is 0 Å². The summed E-state index contributed by atoms with van der Waals surface area (Å²) >= 11 is 0. The SMILES string of the molecule is CCC=CCCCC.[N]. The number of nitrogens with zero attached hydrogens (tertiary/aromatic N) is 1. The molecule has 0 atom stereocenters. The van der Waals surface area contributed by atoms with Crippen LogP contribution in [0.2, 0.25) is 0 Å². The summed E-state index contributed by atoms with van der Waals surface area (Å²) in [6.45, 7) is 4.39. The first-order valence-corrected chi connectivity index (χ1v) is 3.56. The molecule has 1 heteroatoms. The molecule has 0 aliphatic rings. The number of rotatable bonds is 4. The molecule has 0 aliphatic heterocycles. The third-order valence-electron chi connectivity index (χ3n) is 1.13. The van der Waals surface area contributed by atoms with E-state index >= 15 is 0 Å². The topological polar surface area (TPSA) is 30.5 Å². The first-order chi connectivity index (χ1) is 3.91. The molecule has 0 amide bonds. The smallest absolute Gasteiger partial charge is 0 e. The van der Waals surface area contributed by atoms with Crippen LogP contribution in [0.3, 0.4) is 0 Å². The van der Waals surface area contributed by atoms with Crippen molar-refractivity contribution in [1.29, 1.82) is 0 Å². The normalized spacial score (nSPS) is 9.56. The number of hydrogen-bond acceptors (Lipinski definition) is 0. The molecule has 9 heavy (non-hydrogen) atoms. The molecule has 0 spiro atoms. The minimum Gasteiger partial charge on any atom is -0.0888 e. The number of hydrogen-bond donors (Lipinski definition) is 0. The van der Waals surface area contributed by atoms with Crippen LogP contribution in [0.4, 0.5) is 0 Å². The van der Waals surface area contributed by atoms with Gasteiger partial charge in [0.2, 0.25) is 0 Å². The molecule has 0 N–H and O–H groups in total. The predicted octanol–water partition coefficient (Wildman–Crippen LogP) is 2.66. The Bertz CT molecular complexity index is 57.6. The van der Waals surface area contributed by atoms with Crippen molar-refractivity contribution < 1.29 is 0 Å². The average molecular weight is 126 g/mol. The second-order valence-corrected chi connectivity index (χ2v) is 2.02. The number of allylic oxidation sites excluding steroid dienone is 2. The maximum absolute atomic E-state index is 2.27. The third kappa shape index (κ3) is 11.3. The van der Waals surface area contributed by atoms with Gasteiger partial charge in [0.25, 0.3) is 0 Å². The van der Waals surface area contributed by atoms with Crippen LogP contribution in [-0.2, 0) is 0 Å². The van der Waals surface area contributed by atoms with Crippen molar-refractivity contribution in [2.75, 3.05) is 0 Å². The Morgan fingerprint density at radius 1 is 1.11 bits per heavy atom. The van der Waals surface area contributed by atoms with E-state index < -0.39 is 0 Å². The van der Waals surface area contributed by atoms with Gasteiger partial charge in [-0.25, -0.2) is 0 Å². The molecular weight excluding hydrogens is 110 g/mol. The Morgan fingerprint density at radius 2 is 1.78 bits per heavy atom. The summed E-state index contributed by atoms with van der Waals surface area (Å²) in [6, 6.07) is 0. The summed E-state index contributed by atoms with van der Waals surface area (Å²) < 4.78 is 0. The monoisotopic (exact) mass is 126 g/mol. The van der Waals surface area contributed by atoms with Gasteiger partial charge < -0.3 is 0 Å². The van der Waals surface area contributed by atoms with Gasteiger partial charge in [-0.1, -0.05) is 38.8 Å². The van der Waals surface area contributed by atoms with Crippen molar-refractivity contribution >= 4 is 0 Å². The zero-order valence-electron chi connectivity index (χ0n) is 6.43. The standard InChI is InChI=1S/C8H16.N/c1-3-5-7-8-6-4-2;/h5,7H,3-4,6,8H2,1-2H3;. The highest BCUT2D eigenvalue weighted by atomic mass is 14.0. The summed E-state index contributed by atoms with van der Waals surface area (Å²) in [6.07, 6.45) is 9.61. The van der Waals surface area contributed by atoms with Crippen molar-refractivity contribution in [1.82, 2.24) is 6.15 Å². The molecule has 1 nitrogen and oxygen atoms in total. The lowest BCUT2D eigenvalue weighted by Gasteiger charge is -1.85. The molecule has 0 fully saturated rings. The van der Waals surface area contributed by atoms with Gasteiger partial charge in [-0.05, 0) is 12.8 Å². The van der Waals surface area contributed by atoms with E-state index in [0.717, 1.165) is 0 Å². The molecule has 0 aromatic heterocycles. The van der Waals surface area contributed by atoms with Crippen LogP contribution in [0.25, 0.3) is 0 Å². The quantitative estimate of drug-likeness (QED) is 0.409. The second kappa shape index (κ2) is 10.6. The van der Waals surface area contributed by atoms with Crippen molar-refractivity contribution in [3.8, 4) is 0 Å². The molecule has 3 radical (unpaired) electrons. The summed E-state index contributed by atoms with van der Waals surface area (Å²) in [5, 5.41) is 0. The third-order valence-corrected chi connectivity index (χ3v) is 1.13. The maximum Gasteiger partial charge on any atom is 0 e. The van der Waals surface area contributed by atoms with E-state index in [-0.39, 0.29) is 6.15 Å². The van der Waals surface area contributed by atoms with E-state index in [0.29, 0.717) is 0 Å². The molecule has 0 bridgehead atoms. The van der Waals surface area contributed by atoms with Gasteiger partial charge in [0.05, 0.1) is 0 Å². The molecular formula is C8H16N. The first kappa shape index (κ1) is 11.5. The molecule has 0 unspecified atom stereocenters.